The number of ether oxygens (including phenoxy) is 1. The Labute approximate surface area is 112 Å². The molecule has 1 heterocycles. The normalized spacial score (nSPS) is 22.3. The van der Waals surface area contributed by atoms with Crippen molar-refractivity contribution < 1.29 is 4.74 Å². The zero-order chi connectivity index (χ0) is 13.5. The third-order valence-corrected chi connectivity index (χ3v) is 3.65. The van der Waals surface area contributed by atoms with E-state index in [-0.39, 0.29) is 0 Å². The Morgan fingerprint density at radius 1 is 1.28 bits per heavy atom. The smallest absolute Gasteiger partial charge is 0.0510 e. The molecule has 4 nitrogen and oxygen atoms in total. The Morgan fingerprint density at radius 2 is 2.00 bits per heavy atom. The number of likely N-dealkylation sites (N-methyl/N-ethyl adjacent to an activating group) is 1. The highest BCUT2D eigenvalue weighted by molar-refractivity contribution is 4.83. The van der Waals surface area contributed by atoms with Gasteiger partial charge in [-0.05, 0) is 26.4 Å². The minimum atomic E-state index is 0.481. The van der Waals surface area contributed by atoms with E-state index in [1.807, 2.05) is 0 Å². The van der Waals surface area contributed by atoms with Gasteiger partial charge in [-0.2, -0.15) is 0 Å². The van der Waals surface area contributed by atoms with E-state index in [1.165, 1.54) is 6.42 Å². The van der Waals surface area contributed by atoms with E-state index in [1.54, 1.807) is 0 Å². The van der Waals surface area contributed by atoms with Crippen LogP contribution < -0.4 is 5.73 Å². The summed E-state index contributed by atoms with van der Waals surface area (Å²) in [6.07, 6.45) is 1.17. The molecule has 108 valence electrons. The topological polar surface area (TPSA) is 41.7 Å². The van der Waals surface area contributed by atoms with Crippen LogP contribution in [0.25, 0.3) is 0 Å². The molecule has 2 unspecified atom stereocenters. The first kappa shape index (κ1) is 15.9. The summed E-state index contributed by atoms with van der Waals surface area (Å²) in [4.78, 5) is 4.82. The molecule has 1 aliphatic heterocycles. The molecule has 0 aliphatic carbocycles. The van der Waals surface area contributed by atoms with Crippen molar-refractivity contribution in [3.63, 3.8) is 0 Å². The summed E-state index contributed by atoms with van der Waals surface area (Å²) in [5, 5.41) is 0. The Kier molecular flexibility index (Phi) is 7.15. The minimum Gasteiger partial charge on any atom is -0.381 e. The maximum atomic E-state index is 6.02. The molecular weight excluding hydrogens is 226 g/mol. The second-order valence-electron chi connectivity index (χ2n) is 6.12. The molecule has 2 N–H and O–H groups in total. The van der Waals surface area contributed by atoms with E-state index in [9.17, 15) is 0 Å². The van der Waals surface area contributed by atoms with Gasteiger partial charge in [-0.1, -0.05) is 13.8 Å². The summed E-state index contributed by atoms with van der Waals surface area (Å²) in [5.74, 6) is 1.31. The van der Waals surface area contributed by atoms with Crippen LogP contribution in [-0.2, 0) is 4.74 Å². The van der Waals surface area contributed by atoms with E-state index >= 15 is 0 Å². The van der Waals surface area contributed by atoms with Gasteiger partial charge in [0.2, 0.25) is 0 Å². The van der Waals surface area contributed by atoms with Crippen molar-refractivity contribution in [2.24, 2.45) is 17.6 Å². The van der Waals surface area contributed by atoms with Gasteiger partial charge in [-0.15, -0.1) is 0 Å². The molecule has 0 aromatic rings. The molecule has 1 rings (SSSR count). The summed E-state index contributed by atoms with van der Waals surface area (Å²) in [6, 6.07) is 0.481. The predicted molar refractivity (Wildman–Crippen MR) is 76.7 cm³/mol. The second-order valence-corrected chi connectivity index (χ2v) is 6.12. The number of hydrogen-bond donors (Lipinski definition) is 1. The van der Waals surface area contributed by atoms with Crippen molar-refractivity contribution >= 4 is 0 Å². The molecule has 4 heteroatoms. The van der Waals surface area contributed by atoms with Crippen LogP contribution in [0.5, 0.6) is 0 Å². The first-order chi connectivity index (χ1) is 8.54. The van der Waals surface area contributed by atoms with Crippen molar-refractivity contribution in [3.05, 3.63) is 0 Å². The molecule has 1 saturated heterocycles. The van der Waals surface area contributed by atoms with Crippen LogP contribution in [0.4, 0.5) is 0 Å². The van der Waals surface area contributed by atoms with Crippen molar-refractivity contribution in [2.75, 3.05) is 53.5 Å². The second kappa shape index (κ2) is 8.10. The van der Waals surface area contributed by atoms with E-state index < -0.39 is 0 Å². The summed E-state index contributed by atoms with van der Waals surface area (Å²) in [7, 11) is 4.26. The standard InChI is InChI=1S/C14H31N3O/c1-12(2)10-17(7-6-16(3)4)14(9-15)13-5-8-18-11-13/h12-14H,5-11,15H2,1-4H3. The predicted octanol–water partition coefficient (Wildman–Crippen LogP) is 0.870. The number of rotatable bonds is 8. The van der Waals surface area contributed by atoms with Gasteiger partial charge in [-0.3, -0.25) is 4.90 Å². The molecule has 1 aliphatic rings. The molecule has 0 radical (unpaired) electrons. The molecule has 0 saturated carbocycles. The van der Waals surface area contributed by atoms with Crippen LogP contribution in [0.1, 0.15) is 20.3 Å². The molecule has 0 aromatic heterocycles. The zero-order valence-corrected chi connectivity index (χ0v) is 12.6. The van der Waals surface area contributed by atoms with E-state index in [2.05, 4.69) is 37.7 Å². The average Bonchev–Trinajstić information content (AvgIpc) is 2.79. The van der Waals surface area contributed by atoms with Gasteiger partial charge in [0, 0.05) is 44.7 Å². The van der Waals surface area contributed by atoms with Crippen LogP contribution in [0.3, 0.4) is 0 Å². The van der Waals surface area contributed by atoms with Gasteiger partial charge < -0.3 is 15.4 Å². The molecular formula is C14H31N3O. The summed E-state index contributed by atoms with van der Waals surface area (Å²) < 4.78 is 5.53. The lowest BCUT2D eigenvalue weighted by atomic mass is 9.96. The molecule has 18 heavy (non-hydrogen) atoms. The van der Waals surface area contributed by atoms with Crippen LogP contribution in [-0.4, -0.2) is 69.3 Å². The number of nitrogens with two attached hydrogens (primary N) is 1. The third-order valence-electron chi connectivity index (χ3n) is 3.65. The van der Waals surface area contributed by atoms with Gasteiger partial charge in [-0.25, -0.2) is 0 Å². The molecule has 0 aromatic carbocycles. The average molecular weight is 257 g/mol. The van der Waals surface area contributed by atoms with Gasteiger partial charge >= 0.3 is 0 Å². The lowest BCUT2D eigenvalue weighted by Gasteiger charge is -2.36. The summed E-state index contributed by atoms with van der Waals surface area (Å²) in [6.45, 7) is 10.4. The van der Waals surface area contributed by atoms with Gasteiger partial charge in [0.05, 0.1) is 6.61 Å². The Bertz CT molecular complexity index is 215. The highest BCUT2D eigenvalue weighted by Gasteiger charge is 2.29. The molecule has 0 amide bonds. The third kappa shape index (κ3) is 5.22. The van der Waals surface area contributed by atoms with Crippen LogP contribution in [0.2, 0.25) is 0 Å². The fourth-order valence-electron chi connectivity index (χ4n) is 2.69. The van der Waals surface area contributed by atoms with Gasteiger partial charge in [0.25, 0.3) is 0 Å². The quantitative estimate of drug-likeness (QED) is 0.700. The molecule has 0 spiro atoms. The van der Waals surface area contributed by atoms with E-state index in [0.29, 0.717) is 17.9 Å². The van der Waals surface area contributed by atoms with Crippen molar-refractivity contribution in [2.45, 2.75) is 26.3 Å². The molecule has 1 fully saturated rings. The monoisotopic (exact) mass is 257 g/mol. The fraction of sp³-hybridized carbons (Fsp3) is 1.00. The fourth-order valence-corrected chi connectivity index (χ4v) is 2.69. The van der Waals surface area contributed by atoms with Crippen molar-refractivity contribution in [1.29, 1.82) is 0 Å². The maximum Gasteiger partial charge on any atom is 0.0510 e. The highest BCUT2D eigenvalue weighted by Crippen LogP contribution is 2.21. The number of nitrogens with zero attached hydrogens (tertiary/aromatic N) is 2. The Hall–Kier alpha value is -0.160. The van der Waals surface area contributed by atoms with Gasteiger partial charge in [0.1, 0.15) is 0 Å². The van der Waals surface area contributed by atoms with Crippen LogP contribution in [0.15, 0.2) is 0 Å². The Morgan fingerprint density at radius 3 is 2.44 bits per heavy atom. The van der Waals surface area contributed by atoms with E-state index in [0.717, 1.165) is 39.4 Å². The number of hydrogen-bond acceptors (Lipinski definition) is 4. The van der Waals surface area contributed by atoms with Crippen molar-refractivity contribution in [3.8, 4) is 0 Å². The lowest BCUT2D eigenvalue weighted by Crippen LogP contribution is -2.49. The summed E-state index contributed by atoms with van der Waals surface area (Å²) >= 11 is 0. The first-order valence-electron chi connectivity index (χ1n) is 7.21. The lowest BCUT2D eigenvalue weighted by molar-refractivity contribution is 0.105. The molecule has 0 bridgehead atoms. The van der Waals surface area contributed by atoms with E-state index in [4.69, 9.17) is 10.5 Å². The molecule has 2 atom stereocenters. The highest BCUT2D eigenvalue weighted by atomic mass is 16.5. The zero-order valence-electron chi connectivity index (χ0n) is 12.6. The van der Waals surface area contributed by atoms with Crippen LogP contribution >= 0.6 is 0 Å². The van der Waals surface area contributed by atoms with Crippen molar-refractivity contribution in [1.82, 2.24) is 9.80 Å². The SMILES string of the molecule is CC(C)CN(CCN(C)C)C(CN)C1CCOC1. The van der Waals surface area contributed by atoms with Crippen LogP contribution in [0, 0.1) is 11.8 Å². The van der Waals surface area contributed by atoms with Gasteiger partial charge in [0.15, 0.2) is 0 Å². The summed E-state index contributed by atoms with van der Waals surface area (Å²) in [5.41, 5.74) is 6.02. The maximum absolute atomic E-state index is 6.02. The first-order valence-corrected chi connectivity index (χ1v) is 7.21. The minimum absolute atomic E-state index is 0.481. The largest absolute Gasteiger partial charge is 0.381 e. The Balaban J connectivity index is 2.58.